The summed E-state index contributed by atoms with van der Waals surface area (Å²) >= 11 is 0. The van der Waals surface area contributed by atoms with Crippen molar-refractivity contribution in [2.45, 2.75) is 6.54 Å². The summed E-state index contributed by atoms with van der Waals surface area (Å²) < 4.78 is 26.2. The second kappa shape index (κ2) is 5.56. The minimum Gasteiger partial charge on any atom is -0.365 e. The van der Waals surface area contributed by atoms with Crippen molar-refractivity contribution < 1.29 is 8.42 Å². The van der Waals surface area contributed by atoms with Crippen LogP contribution in [0.2, 0.25) is 0 Å². The highest BCUT2D eigenvalue weighted by molar-refractivity contribution is 7.92. The number of fused-ring (bicyclic) bond motifs is 1. The van der Waals surface area contributed by atoms with Gasteiger partial charge in [0.1, 0.15) is 5.82 Å². The van der Waals surface area contributed by atoms with Crippen LogP contribution in [0.5, 0.6) is 0 Å². The third-order valence-corrected chi connectivity index (χ3v) is 3.38. The first kappa shape index (κ1) is 14.2. The predicted molar refractivity (Wildman–Crippen MR) is 80.8 cm³/mol. The first-order chi connectivity index (χ1) is 10.5. The van der Waals surface area contributed by atoms with E-state index in [4.69, 9.17) is 0 Å². The molecule has 0 aliphatic carbocycles. The predicted octanol–water partition coefficient (Wildman–Crippen LogP) is 0.503. The van der Waals surface area contributed by atoms with Gasteiger partial charge >= 0.3 is 0 Å². The summed E-state index contributed by atoms with van der Waals surface area (Å²) in [5.41, 5.74) is 1.99. The van der Waals surface area contributed by atoms with Crippen LogP contribution < -0.4 is 10.0 Å². The highest BCUT2D eigenvalue weighted by Crippen LogP contribution is 2.13. The largest absolute Gasteiger partial charge is 0.365 e. The van der Waals surface area contributed by atoms with Crippen LogP contribution in [0.15, 0.2) is 36.4 Å². The van der Waals surface area contributed by atoms with Crippen molar-refractivity contribution in [2.24, 2.45) is 0 Å². The van der Waals surface area contributed by atoms with E-state index in [-0.39, 0.29) is 0 Å². The molecule has 10 heteroatoms. The Bertz CT molecular complexity index is 906. The van der Waals surface area contributed by atoms with Crippen LogP contribution >= 0.6 is 0 Å². The molecule has 0 aliphatic rings. The maximum absolute atomic E-state index is 11.2. The van der Waals surface area contributed by atoms with Crippen LogP contribution in [0.25, 0.3) is 5.65 Å². The molecule has 0 atom stereocenters. The van der Waals surface area contributed by atoms with E-state index >= 15 is 0 Å². The number of sulfonamides is 1. The number of hydrogen-bond donors (Lipinski definition) is 2. The zero-order valence-corrected chi connectivity index (χ0v) is 12.4. The molecule has 114 valence electrons. The summed E-state index contributed by atoms with van der Waals surface area (Å²) in [4.78, 5) is 0. The molecule has 22 heavy (non-hydrogen) atoms. The molecular formula is C12H13N7O2S. The summed E-state index contributed by atoms with van der Waals surface area (Å²) in [6.07, 6.45) is 1.11. The van der Waals surface area contributed by atoms with Gasteiger partial charge in [-0.05, 0) is 40.3 Å². The molecule has 1 aromatic carbocycles. The number of nitrogens with zero attached hydrogens (tertiary/aromatic N) is 5. The summed E-state index contributed by atoms with van der Waals surface area (Å²) in [6, 6.07) is 10.6. The third kappa shape index (κ3) is 3.47. The summed E-state index contributed by atoms with van der Waals surface area (Å²) in [5, 5.41) is 18.3. The van der Waals surface area contributed by atoms with Crippen LogP contribution in [0, 0.1) is 0 Å². The van der Waals surface area contributed by atoms with Crippen LogP contribution in [-0.4, -0.2) is 39.9 Å². The molecule has 0 spiro atoms. The van der Waals surface area contributed by atoms with Gasteiger partial charge in [-0.2, -0.15) is 0 Å². The molecule has 0 aliphatic heterocycles. The first-order valence-electron chi connectivity index (χ1n) is 6.36. The Balaban J connectivity index is 1.71. The van der Waals surface area contributed by atoms with E-state index in [9.17, 15) is 8.42 Å². The third-order valence-electron chi connectivity index (χ3n) is 2.77. The van der Waals surface area contributed by atoms with Gasteiger partial charge in [-0.15, -0.1) is 14.8 Å². The minimum atomic E-state index is -3.29. The lowest BCUT2D eigenvalue weighted by Gasteiger charge is -2.08. The lowest BCUT2D eigenvalue weighted by molar-refractivity contribution is 0.607. The number of benzene rings is 1. The van der Waals surface area contributed by atoms with E-state index in [0.29, 0.717) is 23.7 Å². The molecule has 0 bridgehead atoms. The number of nitrogens with one attached hydrogen (secondary N) is 2. The molecule has 0 saturated carbocycles. The molecule has 0 radical (unpaired) electrons. The Morgan fingerprint density at radius 1 is 1.23 bits per heavy atom. The van der Waals surface area contributed by atoms with Gasteiger partial charge in [0, 0.05) is 12.2 Å². The molecule has 3 rings (SSSR count). The van der Waals surface area contributed by atoms with Gasteiger partial charge in [0.05, 0.1) is 6.26 Å². The van der Waals surface area contributed by atoms with Gasteiger partial charge in [0.25, 0.3) is 0 Å². The Morgan fingerprint density at radius 3 is 2.91 bits per heavy atom. The molecule has 0 fully saturated rings. The molecule has 2 aromatic heterocycles. The van der Waals surface area contributed by atoms with Crippen molar-refractivity contribution in [1.29, 1.82) is 0 Å². The topological polar surface area (TPSA) is 114 Å². The lowest BCUT2D eigenvalue weighted by Crippen LogP contribution is -2.10. The average molecular weight is 319 g/mol. The van der Waals surface area contributed by atoms with Gasteiger partial charge < -0.3 is 5.32 Å². The number of tetrazole rings is 1. The minimum absolute atomic E-state index is 0.486. The van der Waals surface area contributed by atoms with Crippen LogP contribution in [-0.2, 0) is 16.6 Å². The maximum atomic E-state index is 11.2. The number of hydrogen-bond acceptors (Lipinski definition) is 7. The molecule has 3 aromatic rings. The van der Waals surface area contributed by atoms with Crippen molar-refractivity contribution in [1.82, 2.24) is 25.3 Å². The van der Waals surface area contributed by atoms with Crippen molar-refractivity contribution in [3.05, 3.63) is 42.0 Å². The van der Waals surface area contributed by atoms with Gasteiger partial charge in [-0.3, -0.25) is 4.72 Å². The maximum Gasteiger partial charge on any atom is 0.229 e. The molecule has 0 saturated heterocycles. The first-order valence-corrected chi connectivity index (χ1v) is 8.25. The second-order valence-electron chi connectivity index (χ2n) is 4.67. The standard InChI is InChI=1S/C12H13N7O2S/c1-22(20,21)16-10-4-2-3-9(7-10)8-13-11-5-6-12-14-17-18-19(12)15-11/h2-7,16H,8H2,1H3,(H,13,15). The normalized spacial score (nSPS) is 11.5. The Morgan fingerprint density at radius 2 is 2.09 bits per heavy atom. The molecule has 0 unspecified atom stereocenters. The SMILES string of the molecule is CS(=O)(=O)Nc1cccc(CNc2ccc3nnnn3n2)c1. The molecule has 9 nitrogen and oxygen atoms in total. The van der Waals surface area contributed by atoms with E-state index in [1.807, 2.05) is 6.07 Å². The quantitative estimate of drug-likeness (QED) is 0.704. The van der Waals surface area contributed by atoms with Crippen molar-refractivity contribution >= 4 is 27.2 Å². The average Bonchev–Trinajstić information content (AvgIpc) is 2.91. The lowest BCUT2D eigenvalue weighted by atomic mass is 10.2. The number of aromatic nitrogens is 5. The summed E-state index contributed by atoms with van der Waals surface area (Å²) in [5.74, 6) is 0.612. The fraction of sp³-hybridized carbons (Fsp3) is 0.167. The molecule has 2 N–H and O–H groups in total. The van der Waals surface area contributed by atoms with E-state index in [0.717, 1.165) is 11.8 Å². The van der Waals surface area contributed by atoms with Crippen molar-refractivity contribution in [2.75, 3.05) is 16.3 Å². The fourth-order valence-corrected chi connectivity index (χ4v) is 2.45. The van der Waals surface area contributed by atoms with Crippen LogP contribution in [0.3, 0.4) is 0 Å². The van der Waals surface area contributed by atoms with E-state index in [1.54, 1.807) is 30.3 Å². The number of rotatable bonds is 5. The van der Waals surface area contributed by atoms with Crippen LogP contribution in [0.1, 0.15) is 5.56 Å². The zero-order valence-electron chi connectivity index (χ0n) is 11.6. The fourth-order valence-electron chi connectivity index (χ4n) is 1.90. The Kier molecular flexibility index (Phi) is 3.59. The van der Waals surface area contributed by atoms with Gasteiger partial charge in [0.15, 0.2) is 5.65 Å². The molecule has 2 heterocycles. The second-order valence-corrected chi connectivity index (χ2v) is 6.42. The highest BCUT2D eigenvalue weighted by atomic mass is 32.2. The molecule has 0 amide bonds. The molecular weight excluding hydrogens is 306 g/mol. The van der Waals surface area contributed by atoms with Gasteiger partial charge in [-0.1, -0.05) is 12.1 Å². The summed E-state index contributed by atoms with van der Waals surface area (Å²) in [7, 11) is -3.29. The summed E-state index contributed by atoms with van der Waals surface area (Å²) in [6.45, 7) is 0.486. The van der Waals surface area contributed by atoms with Crippen molar-refractivity contribution in [3.63, 3.8) is 0 Å². The number of anilines is 2. The van der Waals surface area contributed by atoms with Crippen molar-refractivity contribution in [3.8, 4) is 0 Å². The van der Waals surface area contributed by atoms with Gasteiger partial charge in [-0.25, -0.2) is 8.42 Å². The van der Waals surface area contributed by atoms with E-state index in [1.165, 1.54) is 4.63 Å². The zero-order chi connectivity index (χ0) is 15.6. The van der Waals surface area contributed by atoms with E-state index < -0.39 is 10.0 Å². The Labute approximate surface area is 126 Å². The monoisotopic (exact) mass is 319 g/mol. The highest BCUT2D eigenvalue weighted by Gasteiger charge is 2.04. The van der Waals surface area contributed by atoms with E-state index in [2.05, 4.69) is 30.7 Å². The van der Waals surface area contributed by atoms with Gasteiger partial charge in [0.2, 0.25) is 10.0 Å². The smallest absolute Gasteiger partial charge is 0.229 e. The van der Waals surface area contributed by atoms with Crippen LogP contribution in [0.4, 0.5) is 11.5 Å². The Hall–Kier alpha value is -2.75.